The normalized spacial score (nSPS) is 8.82. The van der Waals surface area contributed by atoms with Crippen LogP contribution in [-0.4, -0.2) is 4.43 Å². The third-order valence-electron chi connectivity index (χ3n) is 1.44. The van der Waals surface area contributed by atoms with Crippen LogP contribution in [0.3, 0.4) is 0 Å². The molecular weight excluding hydrogens is 300 g/mol. The molecule has 0 atom stereocenters. The van der Waals surface area contributed by atoms with E-state index in [1.165, 1.54) is 22.8 Å². The van der Waals surface area contributed by atoms with Crippen molar-refractivity contribution < 1.29 is 19.5 Å². The van der Waals surface area contributed by atoms with Crippen LogP contribution in [0.2, 0.25) is 0 Å². The second kappa shape index (κ2) is 7.23. The summed E-state index contributed by atoms with van der Waals surface area (Å²) in [5.41, 5.74) is 1.46. The monoisotopic (exact) mass is 310 g/mol. The number of hydrogen-bond donors (Lipinski definition) is 0. The van der Waals surface area contributed by atoms with Gasteiger partial charge in [0.1, 0.15) is 0 Å². The molecule has 0 N–H and O–H groups in total. The van der Waals surface area contributed by atoms with E-state index in [1.54, 1.807) is 0 Å². The molecule has 0 fully saturated rings. The Bertz CT molecular complexity index is 174. The predicted octanol–water partition coefficient (Wildman–Crippen LogP) is 3.05. The number of hydrogen-bond acceptors (Lipinski definition) is 0. The summed E-state index contributed by atoms with van der Waals surface area (Å²) < 4.78 is 1.26. The van der Waals surface area contributed by atoms with Gasteiger partial charge in [-0.2, -0.15) is 0 Å². The summed E-state index contributed by atoms with van der Waals surface area (Å²) in [7, 11) is 0. The first-order chi connectivity index (χ1) is 4.93. The Hall–Kier alpha value is 0.573. The number of benzene rings is 1. The van der Waals surface area contributed by atoms with Gasteiger partial charge in [0.15, 0.2) is 0 Å². The first-order valence-electron chi connectivity index (χ1n) is 3.53. The van der Waals surface area contributed by atoms with Gasteiger partial charge in [-0.05, 0) is 22.8 Å². The molecule has 0 bridgehead atoms. The third kappa shape index (κ3) is 4.92. The molecule has 0 unspecified atom stereocenters. The van der Waals surface area contributed by atoms with Crippen LogP contribution in [-0.2, 0) is 25.9 Å². The van der Waals surface area contributed by atoms with Gasteiger partial charge >= 0.3 is 0 Å². The molecule has 0 nitrogen and oxygen atoms in total. The number of rotatable bonds is 3. The van der Waals surface area contributed by atoms with E-state index in [4.69, 9.17) is 0 Å². The molecule has 11 heavy (non-hydrogen) atoms. The summed E-state index contributed by atoms with van der Waals surface area (Å²) in [6, 6.07) is 10.6. The van der Waals surface area contributed by atoms with Crippen LogP contribution >= 0.6 is 22.6 Å². The van der Waals surface area contributed by atoms with Gasteiger partial charge in [-0.1, -0.05) is 52.9 Å². The minimum Gasteiger partial charge on any atom is -0.0864 e. The van der Waals surface area contributed by atoms with Gasteiger partial charge in [-0.3, -0.25) is 0 Å². The van der Waals surface area contributed by atoms with E-state index in [0.717, 1.165) is 0 Å². The SMILES string of the molecule is ICCCc1ccccc1.[Zn]. The first-order valence-corrected chi connectivity index (χ1v) is 5.06. The molecule has 0 amide bonds. The molecule has 0 heterocycles. The topological polar surface area (TPSA) is 0 Å². The minimum atomic E-state index is 0. The quantitative estimate of drug-likeness (QED) is 0.457. The molecule has 0 saturated heterocycles. The Labute approximate surface area is 94.7 Å². The fraction of sp³-hybridized carbons (Fsp3) is 0.333. The molecule has 0 aromatic heterocycles. The zero-order chi connectivity index (χ0) is 7.23. The standard InChI is InChI=1S/C9H11I.Zn/c10-8-4-7-9-5-2-1-3-6-9;/h1-3,5-6H,4,7-8H2;. The zero-order valence-corrected chi connectivity index (χ0v) is 11.7. The van der Waals surface area contributed by atoms with Crippen LogP contribution in [0, 0.1) is 0 Å². The van der Waals surface area contributed by atoms with Crippen LogP contribution in [0.25, 0.3) is 0 Å². The Morgan fingerprint density at radius 2 is 1.73 bits per heavy atom. The minimum absolute atomic E-state index is 0. The van der Waals surface area contributed by atoms with Crippen molar-refractivity contribution in [1.29, 1.82) is 0 Å². The van der Waals surface area contributed by atoms with E-state index in [0.29, 0.717) is 0 Å². The zero-order valence-electron chi connectivity index (χ0n) is 6.59. The van der Waals surface area contributed by atoms with Crippen molar-refractivity contribution in [2.45, 2.75) is 12.8 Å². The summed E-state index contributed by atoms with van der Waals surface area (Å²) in [4.78, 5) is 0. The van der Waals surface area contributed by atoms with Crippen LogP contribution in [0.4, 0.5) is 0 Å². The van der Waals surface area contributed by atoms with Gasteiger partial charge in [0.05, 0.1) is 0 Å². The molecule has 56 valence electrons. The van der Waals surface area contributed by atoms with Crippen molar-refractivity contribution in [1.82, 2.24) is 0 Å². The molecule has 0 radical (unpaired) electrons. The first kappa shape index (κ1) is 11.6. The van der Waals surface area contributed by atoms with Crippen LogP contribution < -0.4 is 0 Å². The fourth-order valence-electron chi connectivity index (χ4n) is 0.916. The molecule has 0 aliphatic rings. The summed E-state index contributed by atoms with van der Waals surface area (Å²) in [6.45, 7) is 0. The Morgan fingerprint density at radius 3 is 2.27 bits per heavy atom. The van der Waals surface area contributed by atoms with E-state index in [-0.39, 0.29) is 19.5 Å². The van der Waals surface area contributed by atoms with Crippen molar-refractivity contribution in [2.24, 2.45) is 0 Å². The van der Waals surface area contributed by atoms with Gasteiger partial charge < -0.3 is 0 Å². The molecule has 1 aromatic rings. The van der Waals surface area contributed by atoms with Gasteiger partial charge in [-0.25, -0.2) is 0 Å². The average molecular weight is 311 g/mol. The second-order valence-corrected chi connectivity index (χ2v) is 3.36. The van der Waals surface area contributed by atoms with Crippen molar-refractivity contribution in [3.63, 3.8) is 0 Å². The Balaban J connectivity index is 0.000001000. The van der Waals surface area contributed by atoms with E-state index >= 15 is 0 Å². The molecule has 0 saturated carbocycles. The molecule has 0 aliphatic heterocycles. The molecule has 1 rings (SSSR count). The summed E-state index contributed by atoms with van der Waals surface area (Å²) in [5.74, 6) is 0. The van der Waals surface area contributed by atoms with Crippen LogP contribution in [0.15, 0.2) is 30.3 Å². The maximum Gasteiger partial charge on any atom is 0 e. The van der Waals surface area contributed by atoms with Crippen LogP contribution in [0.1, 0.15) is 12.0 Å². The van der Waals surface area contributed by atoms with Crippen molar-refractivity contribution in [3.05, 3.63) is 35.9 Å². The third-order valence-corrected chi connectivity index (χ3v) is 2.20. The summed E-state index contributed by atoms with van der Waals surface area (Å²) >= 11 is 2.41. The smallest absolute Gasteiger partial charge is 0 e. The number of aryl methyl sites for hydroxylation is 1. The van der Waals surface area contributed by atoms with Gasteiger partial charge in [-0.15, -0.1) is 0 Å². The molecule has 1 aromatic carbocycles. The van der Waals surface area contributed by atoms with E-state index in [9.17, 15) is 0 Å². The Morgan fingerprint density at radius 1 is 1.09 bits per heavy atom. The Kier molecular flexibility index (Phi) is 7.61. The molecule has 2 heteroatoms. The maximum atomic E-state index is 2.41. The summed E-state index contributed by atoms with van der Waals surface area (Å²) in [5, 5.41) is 0. The molecule has 0 spiro atoms. The average Bonchev–Trinajstić information content (AvgIpc) is 2.03. The van der Waals surface area contributed by atoms with Crippen LogP contribution in [0.5, 0.6) is 0 Å². The molecule has 0 aliphatic carbocycles. The van der Waals surface area contributed by atoms with Crippen molar-refractivity contribution in [3.8, 4) is 0 Å². The van der Waals surface area contributed by atoms with E-state index in [2.05, 4.69) is 52.9 Å². The summed E-state index contributed by atoms with van der Waals surface area (Å²) in [6.07, 6.45) is 2.52. The van der Waals surface area contributed by atoms with E-state index < -0.39 is 0 Å². The number of halogens is 1. The van der Waals surface area contributed by atoms with E-state index in [1.807, 2.05) is 0 Å². The molecular formula is C9H11IZn. The van der Waals surface area contributed by atoms with Gasteiger partial charge in [0.25, 0.3) is 0 Å². The largest absolute Gasteiger partial charge is 0.0864 e. The van der Waals surface area contributed by atoms with Crippen molar-refractivity contribution in [2.75, 3.05) is 4.43 Å². The second-order valence-electron chi connectivity index (χ2n) is 2.28. The maximum absolute atomic E-state index is 2.41. The van der Waals surface area contributed by atoms with Crippen molar-refractivity contribution >= 4 is 22.6 Å². The van der Waals surface area contributed by atoms with Gasteiger partial charge in [0, 0.05) is 19.5 Å². The van der Waals surface area contributed by atoms with Gasteiger partial charge in [0.2, 0.25) is 0 Å². The number of alkyl halides is 1. The fourth-order valence-corrected chi connectivity index (χ4v) is 1.30. The predicted molar refractivity (Wildman–Crippen MR) is 53.7 cm³/mol.